The number of rotatable bonds is 4. The van der Waals surface area contributed by atoms with E-state index in [-0.39, 0.29) is 28.9 Å². The van der Waals surface area contributed by atoms with Crippen LogP contribution in [0, 0.1) is 0 Å². The fraction of sp³-hybridized carbons (Fsp3) is 0.400. The van der Waals surface area contributed by atoms with Gasteiger partial charge >= 0.3 is 0 Å². The highest BCUT2D eigenvalue weighted by molar-refractivity contribution is 8.02. The molecular formula is C15H18N2O4S. The number of benzene rings is 1. The zero-order chi connectivity index (χ0) is 16.3. The number of anilines is 1. The van der Waals surface area contributed by atoms with Crippen LogP contribution in [-0.4, -0.2) is 46.8 Å². The quantitative estimate of drug-likeness (QED) is 0.851. The van der Waals surface area contributed by atoms with E-state index in [0.29, 0.717) is 11.4 Å². The zero-order valence-electron chi connectivity index (χ0n) is 12.7. The predicted octanol–water partition coefficient (Wildman–Crippen LogP) is 1.51. The van der Waals surface area contributed by atoms with E-state index in [9.17, 15) is 14.4 Å². The molecule has 2 rings (SSSR count). The number of hydrogen-bond donors (Lipinski definition) is 1. The lowest BCUT2D eigenvalue weighted by Crippen LogP contribution is -2.52. The molecule has 1 N–H and O–H groups in total. The third-order valence-corrected chi connectivity index (χ3v) is 4.51. The minimum atomic E-state index is -0.416. The first-order valence-corrected chi connectivity index (χ1v) is 7.81. The SMILES string of the molecule is COc1cccc(NC(=O)CN2C(=O)[C@H](C)S[C@@H](C)C2=O)c1. The van der Waals surface area contributed by atoms with E-state index < -0.39 is 5.91 Å². The van der Waals surface area contributed by atoms with E-state index in [2.05, 4.69) is 5.32 Å². The summed E-state index contributed by atoms with van der Waals surface area (Å²) in [5.41, 5.74) is 0.553. The number of imide groups is 1. The van der Waals surface area contributed by atoms with Crippen LogP contribution in [0.2, 0.25) is 0 Å². The summed E-state index contributed by atoms with van der Waals surface area (Å²) >= 11 is 1.31. The van der Waals surface area contributed by atoms with Crippen LogP contribution in [-0.2, 0) is 14.4 Å². The number of nitrogens with zero attached hydrogens (tertiary/aromatic N) is 1. The van der Waals surface area contributed by atoms with E-state index >= 15 is 0 Å². The molecule has 7 heteroatoms. The first kappa shape index (κ1) is 16.4. The molecule has 0 aliphatic carbocycles. The number of carbonyl (C=O) groups excluding carboxylic acids is 3. The van der Waals surface area contributed by atoms with Gasteiger partial charge in [0, 0.05) is 11.8 Å². The number of amides is 3. The third kappa shape index (κ3) is 3.59. The molecule has 1 aromatic carbocycles. The highest BCUT2D eigenvalue weighted by atomic mass is 32.2. The first-order valence-electron chi connectivity index (χ1n) is 6.87. The Bertz CT molecular complexity index is 585. The van der Waals surface area contributed by atoms with E-state index in [1.807, 2.05) is 0 Å². The second-order valence-electron chi connectivity index (χ2n) is 4.96. The molecule has 1 aliphatic heterocycles. The van der Waals surface area contributed by atoms with E-state index in [1.165, 1.54) is 18.9 Å². The molecule has 1 aromatic rings. The molecule has 6 nitrogen and oxygen atoms in total. The van der Waals surface area contributed by atoms with Gasteiger partial charge < -0.3 is 10.1 Å². The fourth-order valence-electron chi connectivity index (χ4n) is 2.17. The molecule has 0 radical (unpaired) electrons. The van der Waals surface area contributed by atoms with Gasteiger partial charge in [0.25, 0.3) is 0 Å². The van der Waals surface area contributed by atoms with Crippen molar-refractivity contribution in [2.45, 2.75) is 24.3 Å². The maximum atomic E-state index is 12.1. The van der Waals surface area contributed by atoms with Crippen LogP contribution >= 0.6 is 11.8 Å². The van der Waals surface area contributed by atoms with E-state index in [1.54, 1.807) is 38.1 Å². The lowest BCUT2D eigenvalue weighted by molar-refractivity contribution is -0.147. The Morgan fingerprint density at radius 2 is 1.91 bits per heavy atom. The molecule has 1 aliphatic rings. The number of hydrogen-bond acceptors (Lipinski definition) is 5. The number of methoxy groups -OCH3 is 1. The van der Waals surface area contributed by atoms with E-state index in [0.717, 1.165) is 4.90 Å². The number of nitrogens with one attached hydrogen (secondary N) is 1. The maximum absolute atomic E-state index is 12.1. The van der Waals surface area contributed by atoms with Crippen molar-refractivity contribution in [3.63, 3.8) is 0 Å². The Labute approximate surface area is 133 Å². The van der Waals surface area contributed by atoms with Gasteiger partial charge in [-0.2, -0.15) is 0 Å². The van der Waals surface area contributed by atoms with Gasteiger partial charge in [0.1, 0.15) is 12.3 Å². The Hall–Kier alpha value is -2.02. The largest absolute Gasteiger partial charge is 0.497 e. The van der Waals surface area contributed by atoms with Crippen molar-refractivity contribution in [3.05, 3.63) is 24.3 Å². The molecule has 0 saturated carbocycles. The number of ether oxygens (including phenoxy) is 1. The summed E-state index contributed by atoms with van der Waals surface area (Å²) in [4.78, 5) is 37.2. The van der Waals surface area contributed by atoms with Crippen molar-refractivity contribution < 1.29 is 19.1 Å². The molecular weight excluding hydrogens is 304 g/mol. The number of thioether (sulfide) groups is 1. The summed E-state index contributed by atoms with van der Waals surface area (Å²) in [5, 5.41) is 2.02. The Kier molecular flexibility index (Phi) is 5.07. The van der Waals surface area contributed by atoms with Crippen molar-refractivity contribution in [1.82, 2.24) is 4.90 Å². The molecule has 1 fully saturated rings. The molecule has 3 amide bonds. The molecule has 1 saturated heterocycles. The second-order valence-corrected chi connectivity index (χ2v) is 6.65. The van der Waals surface area contributed by atoms with Crippen molar-refractivity contribution in [1.29, 1.82) is 0 Å². The normalized spacial score (nSPS) is 21.7. The molecule has 0 bridgehead atoms. The average Bonchev–Trinajstić information content (AvgIpc) is 2.50. The lowest BCUT2D eigenvalue weighted by Gasteiger charge is -2.31. The van der Waals surface area contributed by atoms with Crippen molar-refractivity contribution in [2.24, 2.45) is 0 Å². The Morgan fingerprint density at radius 3 is 2.50 bits per heavy atom. The van der Waals surface area contributed by atoms with Gasteiger partial charge in [0.15, 0.2) is 0 Å². The summed E-state index contributed by atoms with van der Waals surface area (Å²) in [5.74, 6) is -0.453. The summed E-state index contributed by atoms with van der Waals surface area (Å²) in [7, 11) is 1.53. The average molecular weight is 322 g/mol. The zero-order valence-corrected chi connectivity index (χ0v) is 13.5. The van der Waals surface area contributed by atoms with Gasteiger partial charge in [-0.25, -0.2) is 0 Å². The summed E-state index contributed by atoms with van der Waals surface area (Å²) in [6.07, 6.45) is 0. The first-order chi connectivity index (χ1) is 10.4. The van der Waals surface area contributed by atoms with Crippen molar-refractivity contribution >= 4 is 35.2 Å². The van der Waals surface area contributed by atoms with Crippen LogP contribution < -0.4 is 10.1 Å². The van der Waals surface area contributed by atoms with Gasteiger partial charge in [-0.05, 0) is 26.0 Å². The van der Waals surface area contributed by atoms with Crippen LogP contribution in [0.4, 0.5) is 5.69 Å². The van der Waals surface area contributed by atoms with Crippen LogP contribution in [0.3, 0.4) is 0 Å². The number of carbonyl (C=O) groups is 3. The Morgan fingerprint density at radius 1 is 1.27 bits per heavy atom. The van der Waals surface area contributed by atoms with Gasteiger partial charge in [-0.15, -0.1) is 11.8 Å². The van der Waals surface area contributed by atoms with E-state index in [4.69, 9.17) is 4.74 Å². The highest BCUT2D eigenvalue weighted by Crippen LogP contribution is 2.26. The van der Waals surface area contributed by atoms with Crippen molar-refractivity contribution in [2.75, 3.05) is 19.0 Å². The molecule has 22 heavy (non-hydrogen) atoms. The van der Waals surface area contributed by atoms with Crippen LogP contribution in [0.5, 0.6) is 5.75 Å². The molecule has 2 atom stereocenters. The maximum Gasteiger partial charge on any atom is 0.244 e. The minimum Gasteiger partial charge on any atom is -0.497 e. The monoisotopic (exact) mass is 322 g/mol. The minimum absolute atomic E-state index is 0.274. The van der Waals surface area contributed by atoms with Crippen molar-refractivity contribution in [3.8, 4) is 5.75 Å². The third-order valence-electron chi connectivity index (χ3n) is 3.29. The second kappa shape index (κ2) is 6.83. The fourth-order valence-corrected chi connectivity index (χ4v) is 3.27. The summed E-state index contributed by atoms with van der Waals surface area (Å²) < 4.78 is 5.08. The van der Waals surface area contributed by atoms with Gasteiger partial charge in [-0.1, -0.05) is 6.07 Å². The molecule has 1 heterocycles. The molecule has 0 spiro atoms. The van der Waals surface area contributed by atoms with Crippen LogP contribution in [0.15, 0.2) is 24.3 Å². The standard InChI is InChI=1S/C15H18N2O4S/c1-9-14(19)17(15(20)10(2)22-9)8-13(18)16-11-5-4-6-12(7-11)21-3/h4-7,9-10H,8H2,1-3H3,(H,16,18)/t9-,10-/m0/s1. The molecule has 0 aromatic heterocycles. The topological polar surface area (TPSA) is 75.7 Å². The highest BCUT2D eigenvalue weighted by Gasteiger charge is 2.37. The predicted molar refractivity (Wildman–Crippen MR) is 84.9 cm³/mol. The Balaban J connectivity index is 2.04. The molecule has 118 valence electrons. The van der Waals surface area contributed by atoms with Gasteiger partial charge in [-0.3, -0.25) is 19.3 Å². The summed E-state index contributed by atoms with van der Waals surface area (Å²) in [6, 6.07) is 6.88. The lowest BCUT2D eigenvalue weighted by atomic mass is 10.2. The smallest absolute Gasteiger partial charge is 0.244 e. The molecule has 0 unspecified atom stereocenters. The van der Waals surface area contributed by atoms with Crippen LogP contribution in [0.25, 0.3) is 0 Å². The van der Waals surface area contributed by atoms with Gasteiger partial charge in [0.2, 0.25) is 17.7 Å². The van der Waals surface area contributed by atoms with Crippen LogP contribution in [0.1, 0.15) is 13.8 Å². The summed E-state index contributed by atoms with van der Waals surface area (Å²) in [6.45, 7) is 3.20. The van der Waals surface area contributed by atoms with Gasteiger partial charge in [0.05, 0.1) is 17.6 Å².